The van der Waals surface area contributed by atoms with Gasteiger partial charge in [-0.05, 0) is 59.7 Å². The van der Waals surface area contributed by atoms with Crippen molar-refractivity contribution in [2.24, 2.45) is 0 Å². The number of halogens is 1. The first kappa shape index (κ1) is 29.8. The fourth-order valence-corrected chi connectivity index (χ4v) is 5.04. The van der Waals surface area contributed by atoms with Crippen molar-refractivity contribution in [2.45, 2.75) is 13.1 Å². The number of benzene rings is 2. The molecule has 8 aromatic rings. The third kappa shape index (κ3) is 5.91. The van der Waals surface area contributed by atoms with Gasteiger partial charge in [-0.25, -0.2) is 19.3 Å². The van der Waals surface area contributed by atoms with Crippen molar-refractivity contribution in [1.82, 2.24) is 49.9 Å². The molecule has 0 saturated heterocycles. The maximum absolute atomic E-state index is 8.86. The Morgan fingerprint density at radius 2 is 1.27 bits per heavy atom. The Morgan fingerprint density at radius 3 is 1.77 bits per heavy atom. The number of nitrogens with two attached hydrogens (primary N) is 3. The summed E-state index contributed by atoms with van der Waals surface area (Å²) in [6.45, 7) is 0.837. The molecular weight excluding hydrogens is 636 g/mol. The van der Waals surface area contributed by atoms with Crippen LogP contribution in [-0.2, 0) is 13.1 Å². The zero-order valence-corrected chi connectivity index (χ0v) is 25.5. The van der Waals surface area contributed by atoms with Gasteiger partial charge in [-0.15, -0.1) is 10.2 Å². The first-order valence-electron chi connectivity index (χ1n) is 14.2. The minimum Gasteiger partial charge on any atom is -0.463 e. The van der Waals surface area contributed by atoms with Crippen molar-refractivity contribution < 1.29 is 8.83 Å². The van der Waals surface area contributed by atoms with Gasteiger partial charge >= 0.3 is 0 Å². The van der Waals surface area contributed by atoms with Crippen LogP contribution in [-0.4, -0.2) is 49.9 Å². The van der Waals surface area contributed by atoms with Crippen LogP contribution in [0.15, 0.2) is 88.1 Å². The summed E-state index contributed by atoms with van der Waals surface area (Å²) in [5.41, 5.74) is 23.7. The average Bonchev–Trinajstić information content (AvgIpc) is 3.91. The molecule has 2 aromatic carbocycles. The second kappa shape index (κ2) is 12.5. The fourth-order valence-electron chi connectivity index (χ4n) is 4.86. The predicted octanol–water partition coefficient (Wildman–Crippen LogP) is 4.33. The van der Waals surface area contributed by atoms with Gasteiger partial charge in [-0.1, -0.05) is 40.2 Å². The third-order valence-electron chi connectivity index (χ3n) is 7.11. The molecule has 8 rings (SSSR count). The normalized spacial score (nSPS) is 11.0. The molecule has 0 aliphatic heterocycles. The summed E-state index contributed by atoms with van der Waals surface area (Å²) >= 11 is 5.93. The molecule has 0 aliphatic carbocycles. The molecule has 16 nitrogen and oxygen atoms in total. The maximum atomic E-state index is 8.86. The lowest BCUT2D eigenvalue weighted by Gasteiger charge is -2.07. The Balaban J connectivity index is 0.000000152. The Bertz CT molecular complexity index is 2410. The molecule has 0 bridgehead atoms. The number of anilines is 3. The van der Waals surface area contributed by atoms with Gasteiger partial charge in [0.15, 0.2) is 33.8 Å². The van der Waals surface area contributed by atoms with E-state index in [0.29, 0.717) is 74.6 Å². The molecule has 0 radical (unpaired) electrons. The number of furan rings is 2. The molecule has 0 saturated carbocycles. The highest BCUT2D eigenvalue weighted by molar-refractivity contribution is 6.30. The van der Waals surface area contributed by atoms with Crippen molar-refractivity contribution in [2.75, 3.05) is 17.2 Å². The van der Waals surface area contributed by atoms with Gasteiger partial charge in [0.2, 0.25) is 11.9 Å². The van der Waals surface area contributed by atoms with Crippen LogP contribution in [0, 0.1) is 11.3 Å². The number of aromatic nitrogens is 10. The van der Waals surface area contributed by atoms with Crippen molar-refractivity contribution in [3.8, 4) is 29.0 Å². The van der Waals surface area contributed by atoms with E-state index in [1.807, 2.05) is 18.2 Å². The van der Waals surface area contributed by atoms with Gasteiger partial charge in [0, 0.05) is 10.7 Å². The second-order valence-electron chi connectivity index (χ2n) is 10.3. The highest BCUT2D eigenvalue weighted by Crippen LogP contribution is 2.27. The molecule has 6 heterocycles. The number of fused-ring (bicyclic) bond motifs is 2. The van der Waals surface area contributed by atoms with Crippen LogP contribution in [0.4, 0.5) is 17.6 Å². The minimum absolute atomic E-state index is 0.113. The molecule has 6 aromatic heterocycles. The third-order valence-corrected chi connectivity index (χ3v) is 7.35. The summed E-state index contributed by atoms with van der Waals surface area (Å²) in [6.07, 6.45) is 3.11. The standard InChI is InChI=1S/C16H11N7O.C15H12ClN7O/c17-8-10-3-5-11(6-4-10)9-23-15-14(21-22-23)13(19-16(18)20-15)12-2-1-7-24-12;16-9-4-3-8(10(17)6-9)7-23-14-13(21-22-23)12(19-15(18)20-14)11-2-1-5-24-11/h1-7H,9H2,(H2,18,19,20);1-6H,7,17H2,(H2,18,19,20). The van der Waals surface area contributed by atoms with E-state index >= 15 is 0 Å². The summed E-state index contributed by atoms with van der Waals surface area (Å²) < 4.78 is 14.0. The largest absolute Gasteiger partial charge is 0.463 e. The smallest absolute Gasteiger partial charge is 0.222 e. The number of nitriles is 1. The molecule has 0 atom stereocenters. The van der Waals surface area contributed by atoms with E-state index in [0.717, 1.165) is 11.1 Å². The lowest BCUT2D eigenvalue weighted by molar-refractivity contribution is 0.580. The molecular formula is C31H23ClN14O2. The summed E-state index contributed by atoms with van der Waals surface area (Å²) in [4.78, 5) is 16.9. The van der Waals surface area contributed by atoms with Crippen molar-refractivity contribution in [3.05, 3.63) is 101 Å². The Labute approximate surface area is 275 Å². The molecule has 0 fully saturated rings. The van der Waals surface area contributed by atoms with Crippen LogP contribution in [0.25, 0.3) is 45.2 Å². The monoisotopic (exact) mass is 658 g/mol. The van der Waals surface area contributed by atoms with E-state index in [1.165, 1.54) is 0 Å². The van der Waals surface area contributed by atoms with E-state index in [9.17, 15) is 0 Å². The lowest BCUT2D eigenvalue weighted by atomic mass is 10.1. The number of hydrogen-bond donors (Lipinski definition) is 3. The van der Waals surface area contributed by atoms with E-state index in [4.69, 9.17) is 42.9 Å². The van der Waals surface area contributed by atoms with E-state index in [1.54, 1.807) is 70.4 Å². The van der Waals surface area contributed by atoms with Crippen LogP contribution in [0.1, 0.15) is 16.7 Å². The van der Waals surface area contributed by atoms with Crippen LogP contribution in [0.5, 0.6) is 0 Å². The maximum Gasteiger partial charge on any atom is 0.222 e. The van der Waals surface area contributed by atoms with E-state index in [2.05, 4.69) is 46.6 Å². The number of nitrogens with zero attached hydrogens (tertiary/aromatic N) is 11. The molecule has 6 N–H and O–H groups in total. The van der Waals surface area contributed by atoms with Crippen LogP contribution >= 0.6 is 11.6 Å². The van der Waals surface area contributed by atoms with Gasteiger partial charge < -0.3 is 26.0 Å². The molecule has 0 spiro atoms. The number of rotatable bonds is 6. The zero-order chi connectivity index (χ0) is 33.2. The van der Waals surface area contributed by atoms with Crippen molar-refractivity contribution in [3.63, 3.8) is 0 Å². The highest BCUT2D eigenvalue weighted by Gasteiger charge is 2.19. The number of nitrogen functional groups attached to an aromatic ring is 3. The van der Waals surface area contributed by atoms with Crippen LogP contribution < -0.4 is 17.2 Å². The molecule has 236 valence electrons. The first-order chi connectivity index (χ1) is 23.4. The van der Waals surface area contributed by atoms with Crippen LogP contribution in [0.2, 0.25) is 5.02 Å². The summed E-state index contributed by atoms with van der Waals surface area (Å²) in [6, 6.07) is 21.7. The topological polar surface area (TPSA) is 241 Å². The Hall–Kier alpha value is -6.86. The number of hydrogen-bond acceptors (Lipinski definition) is 14. The Morgan fingerprint density at radius 1 is 0.708 bits per heavy atom. The van der Waals surface area contributed by atoms with E-state index in [-0.39, 0.29) is 11.9 Å². The highest BCUT2D eigenvalue weighted by atomic mass is 35.5. The molecule has 17 heteroatoms. The summed E-state index contributed by atoms with van der Waals surface area (Å²) in [5.74, 6) is 1.34. The van der Waals surface area contributed by atoms with Crippen molar-refractivity contribution in [1.29, 1.82) is 5.26 Å². The summed E-state index contributed by atoms with van der Waals surface area (Å²) in [7, 11) is 0. The zero-order valence-electron chi connectivity index (χ0n) is 24.8. The minimum atomic E-state index is 0.113. The molecule has 0 amide bonds. The van der Waals surface area contributed by atoms with E-state index < -0.39 is 0 Å². The van der Waals surface area contributed by atoms with Gasteiger partial charge in [0.25, 0.3) is 0 Å². The molecule has 0 unspecified atom stereocenters. The lowest BCUT2D eigenvalue weighted by Crippen LogP contribution is -2.07. The van der Waals surface area contributed by atoms with Gasteiger partial charge in [-0.3, -0.25) is 0 Å². The summed E-state index contributed by atoms with van der Waals surface area (Å²) in [5, 5.41) is 26.1. The SMILES string of the molecule is N#Cc1ccc(Cn2nnc3c(-c4ccco4)nc(N)nc32)cc1.Nc1nc(-c2ccco2)c2nnn(Cc3ccc(Cl)cc3N)c2n1. The Kier molecular flexibility index (Phi) is 7.77. The van der Waals surface area contributed by atoms with Gasteiger partial charge in [0.1, 0.15) is 11.4 Å². The van der Waals surface area contributed by atoms with Crippen LogP contribution in [0.3, 0.4) is 0 Å². The second-order valence-corrected chi connectivity index (χ2v) is 10.7. The predicted molar refractivity (Wildman–Crippen MR) is 176 cm³/mol. The molecule has 48 heavy (non-hydrogen) atoms. The molecule has 0 aliphatic rings. The van der Waals surface area contributed by atoms with Gasteiger partial charge in [-0.2, -0.15) is 15.2 Å². The fraction of sp³-hybridized carbons (Fsp3) is 0.0645. The van der Waals surface area contributed by atoms with Crippen molar-refractivity contribution >= 4 is 51.5 Å². The average molecular weight is 659 g/mol. The quantitative estimate of drug-likeness (QED) is 0.211. The van der Waals surface area contributed by atoms with Gasteiger partial charge in [0.05, 0.1) is 37.2 Å². The first-order valence-corrected chi connectivity index (χ1v) is 14.6.